The van der Waals surface area contributed by atoms with Crippen LogP contribution in [-0.2, 0) is 0 Å². The van der Waals surface area contributed by atoms with Gasteiger partial charge in [0.25, 0.3) is 0 Å². The smallest absolute Gasteiger partial charge is 0.0462 e. The topological polar surface area (TPSA) is 40.5 Å². The molecular weight excluding hydrogens is 140 g/mol. The van der Waals surface area contributed by atoms with Gasteiger partial charge < -0.3 is 10.2 Å². The summed E-state index contributed by atoms with van der Waals surface area (Å²) < 4.78 is 0. The van der Waals surface area contributed by atoms with Crippen molar-refractivity contribution in [2.24, 2.45) is 11.8 Å². The highest BCUT2D eigenvalue weighted by atomic mass is 16.3. The molecule has 11 heavy (non-hydrogen) atoms. The predicted molar refractivity (Wildman–Crippen MR) is 44.2 cm³/mol. The van der Waals surface area contributed by atoms with E-state index in [0.717, 1.165) is 6.42 Å². The molecule has 1 atom stereocenters. The third-order valence-electron chi connectivity index (χ3n) is 2.80. The summed E-state index contributed by atoms with van der Waals surface area (Å²) in [4.78, 5) is 0. The average molecular weight is 158 g/mol. The van der Waals surface area contributed by atoms with Gasteiger partial charge in [0, 0.05) is 13.2 Å². The lowest BCUT2D eigenvalue weighted by atomic mass is 9.89. The van der Waals surface area contributed by atoms with Gasteiger partial charge in [-0.2, -0.15) is 0 Å². The number of rotatable bonds is 4. The van der Waals surface area contributed by atoms with Gasteiger partial charge in [-0.3, -0.25) is 0 Å². The van der Waals surface area contributed by atoms with Crippen LogP contribution in [0.5, 0.6) is 0 Å². The van der Waals surface area contributed by atoms with Crippen LogP contribution >= 0.6 is 0 Å². The fourth-order valence-corrected chi connectivity index (χ4v) is 2.07. The van der Waals surface area contributed by atoms with Crippen LogP contribution in [0.1, 0.15) is 32.1 Å². The van der Waals surface area contributed by atoms with E-state index in [0.29, 0.717) is 11.8 Å². The van der Waals surface area contributed by atoms with Crippen molar-refractivity contribution in [3.63, 3.8) is 0 Å². The molecule has 0 spiro atoms. The average Bonchev–Trinajstić information content (AvgIpc) is 2.52. The van der Waals surface area contributed by atoms with Crippen molar-refractivity contribution in [3.8, 4) is 0 Å². The summed E-state index contributed by atoms with van der Waals surface area (Å²) in [5.74, 6) is 1.05. The van der Waals surface area contributed by atoms with Crippen LogP contribution in [0.4, 0.5) is 0 Å². The Hall–Kier alpha value is -0.0800. The van der Waals surface area contributed by atoms with Crippen LogP contribution < -0.4 is 0 Å². The maximum absolute atomic E-state index is 9.01. The van der Waals surface area contributed by atoms with Crippen LogP contribution in [0.25, 0.3) is 0 Å². The summed E-state index contributed by atoms with van der Waals surface area (Å²) in [6.45, 7) is 0.479. The van der Waals surface area contributed by atoms with Crippen molar-refractivity contribution in [2.75, 3.05) is 13.2 Å². The van der Waals surface area contributed by atoms with E-state index in [1.54, 1.807) is 0 Å². The lowest BCUT2D eigenvalue weighted by Gasteiger charge is -2.19. The Kier molecular flexibility index (Phi) is 3.87. The van der Waals surface area contributed by atoms with E-state index < -0.39 is 0 Å². The molecule has 0 aliphatic heterocycles. The second-order valence-electron chi connectivity index (χ2n) is 3.50. The van der Waals surface area contributed by atoms with E-state index in [1.807, 2.05) is 0 Å². The van der Waals surface area contributed by atoms with Gasteiger partial charge in [0.05, 0.1) is 0 Å². The van der Waals surface area contributed by atoms with Gasteiger partial charge in [-0.05, 0) is 18.3 Å². The fourth-order valence-electron chi connectivity index (χ4n) is 2.07. The Morgan fingerprint density at radius 2 is 1.82 bits per heavy atom. The van der Waals surface area contributed by atoms with Crippen LogP contribution in [0, 0.1) is 11.8 Å². The highest BCUT2D eigenvalue weighted by Gasteiger charge is 2.23. The van der Waals surface area contributed by atoms with Gasteiger partial charge in [0.1, 0.15) is 0 Å². The lowest BCUT2D eigenvalue weighted by molar-refractivity contribution is 0.141. The number of hydrogen-bond donors (Lipinski definition) is 2. The second-order valence-corrected chi connectivity index (χ2v) is 3.50. The Morgan fingerprint density at radius 1 is 1.18 bits per heavy atom. The minimum absolute atomic E-state index is 0.224. The summed E-state index contributed by atoms with van der Waals surface area (Å²) >= 11 is 0. The van der Waals surface area contributed by atoms with E-state index in [9.17, 15) is 0 Å². The molecule has 0 bridgehead atoms. The molecule has 0 radical (unpaired) electrons. The van der Waals surface area contributed by atoms with Crippen LogP contribution in [-0.4, -0.2) is 23.4 Å². The van der Waals surface area contributed by atoms with E-state index in [1.165, 1.54) is 25.7 Å². The minimum atomic E-state index is 0.224. The molecular formula is C9H18O2. The first-order valence-corrected chi connectivity index (χ1v) is 4.60. The number of hydrogen-bond acceptors (Lipinski definition) is 2. The van der Waals surface area contributed by atoms with Gasteiger partial charge in [-0.25, -0.2) is 0 Å². The highest BCUT2D eigenvalue weighted by molar-refractivity contribution is 4.74. The molecule has 1 fully saturated rings. The lowest BCUT2D eigenvalue weighted by Crippen LogP contribution is -2.17. The molecule has 1 aliphatic carbocycles. The van der Waals surface area contributed by atoms with Gasteiger partial charge in [-0.15, -0.1) is 0 Å². The zero-order chi connectivity index (χ0) is 8.10. The molecule has 1 unspecified atom stereocenters. The molecule has 2 nitrogen and oxygen atoms in total. The third-order valence-corrected chi connectivity index (χ3v) is 2.80. The Bertz CT molecular complexity index is 97.7. The molecule has 0 saturated heterocycles. The van der Waals surface area contributed by atoms with Crippen molar-refractivity contribution in [1.82, 2.24) is 0 Å². The fraction of sp³-hybridized carbons (Fsp3) is 1.00. The molecule has 1 rings (SSSR count). The molecule has 1 aliphatic rings. The minimum Gasteiger partial charge on any atom is -0.396 e. The summed E-state index contributed by atoms with van der Waals surface area (Å²) in [5, 5.41) is 17.7. The molecule has 1 saturated carbocycles. The van der Waals surface area contributed by atoms with E-state index in [-0.39, 0.29) is 13.2 Å². The number of aliphatic hydroxyl groups excluding tert-OH is 2. The van der Waals surface area contributed by atoms with Gasteiger partial charge >= 0.3 is 0 Å². The van der Waals surface area contributed by atoms with Crippen molar-refractivity contribution >= 4 is 0 Å². The molecule has 0 aromatic rings. The predicted octanol–water partition coefficient (Wildman–Crippen LogP) is 1.17. The third kappa shape index (κ3) is 2.46. The molecule has 2 N–H and O–H groups in total. The molecule has 0 amide bonds. The molecule has 0 aromatic carbocycles. The second kappa shape index (κ2) is 4.73. The van der Waals surface area contributed by atoms with Crippen molar-refractivity contribution < 1.29 is 10.2 Å². The first kappa shape index (κ1) is 9.01. The standard InChI is InChI=1S/C9H18O2/c10-6-5-9(7-11)8-3-1-2-4-8/h8-11H,1-7H2. The molecule has 0 heterocycles. The quantitative estimate of drug-likeness (QED) is 0.644. The molecule has 0 aromatic heterocycles. The largest absolute Gasteiger partial charge is 0.396 e. The summed E-state index contributed by atoms with van der Waals surface area (Å²) in [5.41, 5.74) is 0. The van der Waals surface area contributed by atoms with Crippen molar-refractivity contribution in [1.29, 1.82) is 0 Å². The normalized spacial score (nSPS) is 22.4. The maximum atomic E-state index is 9.01. The zero-order valence-electron chi connectivity index (χ0n) is 7.00. The summed E-state index contributed by atoms with van der Waals surface area (Å²) in [6, 6.07) is 0. The Balaban J connectivity index is 2.27. The van der Waals surface area contributed by atoms with Crippen LogP contribution in [0.2, 0.25) is 0 Å². The summed E-state index contributed by atoms with van der Waals surface area (Å²) in [6.07, 6.45) is 5.91. The molecule has 2 heteroatoms. The van der Waals surface area contributed by atoms with E-state index in [4.69, 9.17) is 10.2 Å². The van der Waals surface area contributed by atoms with Gasteiger partial charge in [-0.1, -0.05) is 25.7 Å². The van der Waals surface area contributed by atoms with Crippen LogP contribution in [0.3, 0.4) is 0 Å². The zero-order valence-corrected chi connectivity index (χ0v) is 7.00. The SMILES string of the molecule is OCCC(CO)C1CCCC1. The highest BCUT2D eigenvalue weighted by Crippen LogP contribution is 2.32. The maximum Gasteiger partial charge on any atom is 0.0462 e. The summed E-state index contributed by atoms with van der Waals surface area (Å²) in [7, 11) is 0. The van der Waals surface area contributed by atoms with Gasteiger partial charge in [0.2, 0.25) is 0 Å². The van der Waals surface area contributed by atoms with Gasteiger partial charge in [0.15, 0.2) is 0 Å². The first-order chi connectivity index (χ1) is 5.38. The monoisotopic (exact) mass is 158 g/mol. The number of aliphatic hydroxyl groups is 2. The van der Waals surface area contributed by atoms with Crippen LogP contribution in [0.15, 0.2) is 0 Å². The van der Waals surface area contributed by atoms with E-state index >= 15 is 0 Å². The Labute approximate surface area is 68.2 Å². The van der Waals surface area contributed by atoms with Crippen molar-refractivity contribution in [3.05, 3.63) is 0 Å². The van der Waals surface area contributed by atoms with Crippen molar-refractivity contribution in [2.45, 2.75) is 32.1 Å². The van der Waals surface area contributed by atoms with E-state index in [2.05, 4.69) is 0 Å². The first-order valence-electron chi connectivity index (χ1n) is 4.60. The molecule has 66 valence electrons. The Morgan fingerprint density at radius 3 is 2.27 bits per heavy atom.